The van der Waals surface area contributed by atoms with E-state index in [1.807, 2.05) is 18.7 Å². The number of aryl methyl sites for hydroxylation is 1. The number of anilines is 1. The fourth-order valence-corrected chi connectivity index (χ4v) is 3.81. The summed E-state index contributed by atoms with van der Waals surface area (Å²) < 4.78 is 0. The topological polar surface area (TPSA) is 52.6 Å². The standard InChI is InChI=1S/C21H37N5O/c1-14(2)20-22-17(7)13-19(23-20)25-11-9-24(10-12-25)18(8)21(27)26(15(3)4)16(5)6/h13-16,18H,9-12H2,1-8H3. The fourth-order valence-electron chi connectivity index (χ4n) is 3.81. The Morgan fingerprint density at radius 2 is 1.52 bits per heavy atom. The third-order valence-corrected chi connectivity index (χ3v) is 5.28. The van der Waals surface area contributed by atoms with Crippen molar-refractivity contribution in [1.29, 1.82) is 0 Å². The Bertz CT molecular complexity index is 627. The van der Waals surface area contributed by atoms with E-state index in [0.717, 1.165) is 43.5 Å². The molecule has 27 heavy (non-hydrogen) atoms. The van der Waals surface area contributed by atoms with E-state index in [1.165, 1.54) is 0 Å². The molecule has 0 radical (unpaired) electrons. The van der Waals surface area contributed by atoms with Gasteiger partial charge in [-0.3, -0.25) is 9.69 Å². The van der Waals surface area contributed by atoms with Crippen molar-refractivity contribution >= 4 is 11.7 Å². The second kappa shape index (κ2) is 9.00. The van der Waals surface area contributed by atoms with Gasteiger partial charge in [0.1, 0.15) is 11.6 Å². The molecule has 0 spiro atoms. The van der Waals surface area contributed by atoms with Crippen molar-refractivity contribution < 1.29 is 4.79 Å². The minimum atomic E-state index is -0.0877. The third-order valence-electron chi connectivity index (χ3n) is 5.28. The van der Waals surface area contributed by atoms with Gasteiger partial charge < -0.3 is 9.80 Å². The maximum atomic E-state index is 13.0. The zero-order valence-corrected chi connectivity index (χ0v) is 18.4. The SMILES string of the molecule is Cc1cc(N2CCN(C(C)C(=O)N(C(C)C)C(C)C)CC2)nc(C(C)C)n1. The molecule has 1 aromatic rings. The normalized spacial score (nSPS) is 17.1. The monoisotopic (exact) mass is 375 g/mol. The molecular weight excluding hydrogens is 338 g/mol. The minimum Gasteiger partial charge on any atom is -0.354 e. The van der Waals surface area contributed by atoms with Crippen LogP contribution in [-0.4, -0.2) is 70.0 Å². The smallest absolute Gasteiger partial charge is 0.240 e. The Morgan fingerprint density at radius 1 is 0.963 bits per heavy atom. The van der Waals surface area contributed by atoms with Crippen LogP contribution in [0.4, 0.5) is 5.82 Å². The van der Waals surface area contributed by atoms with Gasteiger partial charge in [0.15, 0.2) is 0 Å². The van der Waals surface area contributed by atoms with Gasteiger partial charge in [-0.2, -0.15) is 0 Å². The van der Waals surface area contributed by atoms with E-state index in [1.54, 1.807) is 0 Å². The van der Waals surface area contributed by atoms with Crippen LogP contribution in [0.2, 0.25) is 0 Å². The molecule has 1 atom stereocenters. The molecule has 0 aliphatic carbocycles. The Hall–Kier alpha value is -1.69. The molecule has 1 amide bonds. The average Bonchev–Trinajstić information content (AvgIpc) is 2.60. The van der Waals surface area contributed by atoms with Gasteiger partial charge in [-0.15, -0.1) is 0 Å². The Morgan fingerprint density at radius 3 is 2.00 bits per heavy atom. The second-order valence-corrected chi connectivity index (χ2v) is 8.51. The van der Waals surface area contributed by atoms with Crippen LogP contribution in [0.3, 0.4) is 0 Å². The van der Waals surface area contributed by atoms with E-state index in [9.17, 15) is 4.79 Å². The number of nitrogens with zero attached hydrogens (tertiary/aromatic N) is 5. The lowest BCUT2D eigenvalue weighted by atomic mass is 10.1. The molecule has 1 saturated heterocycles. The highest BCUT2D eigenvalue weighted by Crippen LogP contribution is 2.20. The molecule has 152 valence electrons. The number of carbonyl (C=O) groups excluding carboxylic acids is 1. The Labute approximate surface area is 165 Å². The first-order valence-corrected chi connectivity index (χ1v) is 10.3. The molecule has 1 aliphatic rings. The van der Waals surface area contributed by atoms with Crippen LogP contribution < -0.4 is 4.90 Å². The summed E-state index contributed by atoms with van der Waals surface area (Å²) >= 11 is 0. The van der Waals surface area contributed by atoms with Gasteiger partial charge in [0.05, 0.1) is 6.04 Å². The molecule has 1 fully saturated rings. The summed E-state index contributed by atoms with van der Waals surface area (Å²) in [5, 5.41) is 0. The number of rotatable bonds is 6. The summed E-state index contributed by atoms with van der Waals surface area (Å²) in [5.74, 6) is 2.46. The molecule has 0 aromatic carbocycles. The van der Waals surface area contributed by atoms with Crippen LogP contribution in [0.5, 0.6) is 0 Å². The highest BCUT2D eigenvalue weighted by atomic mass is 16.2. The van der Waals surface area contributed by atoms with Crippen LogP contribution in [0, 0.1) is 6.92 Å². The number of hydrogen-bond donors (Lipinski definition) is 0. The predicted octanol–water partition coefficient (Wildman–Crippen LogP) is 3.06. The first kappa shape index (κ1) is 21.6. The summed E-state index contributed by atoms with van der Waals surface area (Å²) in [4.78, 5) is 28.9. The van der Waals surface area contributed by atoms with Crippen molar-refractivity contribution in [3.8, 4) is 0 Å². The van der Waals surface area contributed by atoms with Crippen LogP contribution >= 0.6 is 0 Å². The van der Waals surface area contributed by atoms with Gasteiger partial charge in [-0.05, 0) is 41.5 Å². The summed E-state index contributed by atoms with van der Waals surface area (Å²) in [6.07, 6.45) is 0. The molecule has 2 rings (SSSR count). The quantitative estimate of drug-likeness (QED) is 0.765. The predicted molar refractivity (Wildman–Crippen MR) is 111 cm³/mol. The molecule has 1 unspecified atom stereocenters. The lowest BCUT2D eigenvalue weighted by molar-refractivity contribution is -0.140. The molecule has 1 aliphatic heterocycles. The molecule has 0 N–H and O–H groups in total. The van der Waals surface area contributed by atoms with E-state index in [0.29, 0.717) is 5.92 Å². The van der Waals surface area contributed by atoms with Crippen LogP contribution in [-0.2, 0) is 4.79 Å². The number of carbonyl (C=O) groups is 1. The van der Waals surface area contributed by atoms with Gasteiger partial charge in [0.2, 0.25) is 5.91 Å². The molecule has 1 aromatic heterocycles. The van der Waals surface area contributed by atoms with E-state index >= 15 is 0 Å². The average molecular weight is 376 g/mol. The number of piperazine rings is 1. The van der Waals surface area contributed by atoms with Gasteiger partial charge in [0, 0.05) is 55.9 Å². The van der Waals surface area contributed by atoms with Crippen molar-refractivity contribution in [2.45, 2.75) is 79.4 Å². The number of amides is 1. The summed E-state index contributed by atoms with van der Waals surface area (Å²) in [6, 6.07) is 2.42. The Balaban J connectivity index is 2.03. The first-order chi connectivity index (χ1) is 12.6. The summed E-state index contributed by atoms with van der Waals surface area (Å²) in [6.45, 7) is 20.2. The lowest BCUT2D eigenvalue weighted by Crippen LogP contribution is -2.56. The maximum Gasteiger partial charge on any atom is 0.240 e. The Kier molecular flexibility index (Phi) is 7.20. The van der Waals surface area contributed by atoms with Crippen LogP contribution in [0.15, 0.2) is 6.07 Å². The second-order valence-electron chi connectivity index (χ2n) is 8.51. The summed E-state index contributed by atoms with van der Waals surface area (Å²) in [7, 11) is 0. The highest BCUT2D eigenvalue weighted by molar-refractivity contribution is 5.82. The zero-order valence-electron chi connectivity index (χ0n) is 18.4. The third kappa shape index (κ3) is 5.18. The van der Waals surface area contributed by atoms with Crippen molar-refractivity contribution in [2.75, 3.05) is 31.1 Å². The molecular formula is C21H37N5O. The van der Waals surface area contributed by atoms with Gasteiger partial charge in [-0.25, -0.2) is 9.97 Å². The summed E-state index contributed by atoms with van der Waals surface area (Å²) in [5.41, 5.74) is 1.01. The maximum absolute atomic E-state index is 13.0. The van der Waals surface area contributed by atoms with Gasteiger partial charge in [-0.1, -0.05) is 13.8 Å². The van der Waals surface area contributed by atoms with E-state index in [2.05, 4.69) is 62.4 Å². The molecule has 2 heterocycles. The van der Waals surface area contributed by atoms with Crippen molar-refractivity contribution in [2.24, 2.45) is 0 Å². The number of aromatic nitrogens is 2. The van der Waals surface area contributed by atoms with Crippen LogP contribution in [0.25, 0.3) is 0 Å². The lowest BCUT2D eigenvalue weighted by Gasteiger charge is -2.41. The van der Waals surface area contributed by atoms with Gasteiger partial charge in [0.25, 0.3) is 0 Å². The fraction of sp³-hybridized carbons (Fsp3) is 0.762. The number of hydrogen-bond acceptors (Lipinski definition) is 5. The molecule has 6 heteroatoms. The minimum absolute atomic E-state index is 0.0877. The van der Waals surface area contributed by atoms with E-state index in [4.69, 9.17) is 4.98 Å². The van der Waals surface area contributed by atoms with Crippen molar-refractivity contribution in [3.05, 3.63) is 17.6 Å². The van der Waals surface area contributed by atoms with E-state index < -0.39 is 0 Å². The largest absolute Gasteiger partial charge is 0.354 e. The van der Waals surface area contributed by atoms with Crippen molar-refractivity contribution in [3.63, 3.8) is 0 Å². The molecule has 0 bridgehead atoms. The first-order valence-electron chi connectivity index (χ1n) is 10.3. The molecule has 0 saturated carbocycles. The van der Waals surface area contributed by atoms with Gasteiger partial charge >= 0.3 is 0 Å². The molecule has 6 nitrogen and oxygen atoms in total. The zero-order chi connectivity index (χ0) is 20.3. The van der Waals surface area contributed by atoms with Crippen LogP contribution in [0.1, 0.15) is 65.9 Å². The van der Waals surface area contributed by atoms with E-state index in [-0.39, 0.29) is 24.0 Å². The highest BCUT2D eigenvalue weighted by Gasteiger charge is 2.31. The van der Waals surface area contributed by atoms with Crippen molar-refractivity contribution in [1.82, 2.24) is 19.8 Å².